The minimum atomic E-state index is -0.557. The molecule has 160 valence electrons. The van der Waals surface area contributed by atoms with E-state index in [1.54, 1.807) is 29.3 Å². The van der Waals surface area contributed by atoms with Crippen LogP contribution < -0.4 is 9.64 Å². The van der Waals surface area contributed by atoms with Gasteiger partial charge in [0, 0.05) is 22.9 Å². The zero-order valence-electron chi connectivity index (χ0n) is 17.6. The molecule has 0 bridgehead atoms. The Hall–Kier alpha value is -2.36. The minimum Gasteiger partial charge on any atom is -0.497 e. The van der Waals surface area contributed by atoms with Crippen molar-refractivity contribution in [2.75, 3.05) is 25.1 Å². The van der Waals surface area contributed by atoms with Gasteiger partial charge < -0.3 is 19.3 Å². The van der Waals surface area contributed by atoms with Crippen LogP contribution in [0, 0.1) is 9.49 Å². The number of anilines is 1. The van der Waals surface area contributed by atoms with E-state index in [0.717, 1.165) is 20.6 Å². The Morgan fingerprint density at radius 1 is 1.20 bits per heavy atom. The van der Waals surface area contributed by atoms with Crippen molar-refractivity contribution in [1.82, 2.24) is 9.88 Å². The van der Waals surface area contributed by atoms with Crippen LogP contribution in [0.5, 0.6) is 5.75 Å². The van der Waals surface area contributed by atoms with Crippen molar-refractivity contribution in [2.45, 2.75) is 32.9 Å². The first-order chi connectivity index (χ1) is 14.2. The zero-order chi connectivity index (χ0) is 21.9. The van der Waals surface area contributed by atoms with E-state index in [4.69, 9.17) is 9.47 Å². The highest BCUT2D eigenvalue weighted by atomic mass is 127. The first kappa shape index (κ1) is 22.3. The van der Waals surface area contributed by atoms with Crippen molar-refractivity contribution < 1.29 is 19.1 Å². The van der Waals surface area contributed by atoms with Gasteiger partial charge in [-0.05, 0) is 67.1 Å². The van der Waals surface area contributed by atoms with E-state index in [1.165, 1.54) is 0 Å². The maximum absolute atomic E-state index is 13.4. The van der Waals surface area contributed by atoms with Crippen LogP contribution in [-0.2, 0) is 16.1 Å². The normalized spacial score (nSPS) is 14.1. The summed E-state index contributed by atoms with van der Waals surface area (Å²) in [5.41, 5.74) is 1.18. The van der Waals surface area contributed by atoms with E-state index >= 15 is 0 Å². The Morgan fingerprint density at radius 3 is 2.43 bits per heavy atom. The number of halogens is 1. The third-order valence-electron chi connectivity index (χ3n) is 4.69. The highest BCUT2D eigenvalue weighted by Gasteiger charge is 2.40. The molecule has 30 heavy (non-hydrogen) atoms. The summed E-state index contributed by atoms with van der Waals surface area (Å²) in [6.45, 7) is 6.59. The van der Waals surface area contributed by atoms with Crippen LogP contribution in [0.3, 0.4) is 0 Å². The van der Waals surface area contributed by atoms with Gasteiger partial charge in [0.2, 0.25) is 5.91 Å². The standard InChI is InChI=1S/C22H26IN3O4/c1-22(2,3)30-21(28)25-13-16(14-25)20(27)26(19-11-24-10-9-18(19)23)12-15-5-7-17(29-4)8-6-15/h5-11,16H,12-14H2,1-4H3. The Bertz CT molecular complexity index is 905. The van der Waals surface area contributed by atoms with E-state index in [0.29, 0.717) is 19.6 Å². The Balaban J connectivity index is 1.75. The molecule has 2 aromatic rings. The van der Waals surface area contributed by atoms with Gasteiger partial charge >= 0.3 is 6.09 Å². The van der Waals surface area contributed by atoms with E-state index < -0.39 is 5.60 Å². The second kappa shape index (κ2) is 9.20. The van der Waals surface area contributed by atoms with Crippen molar-refractivity contribution in [3.8, 4) is 5.75 Å². The van der Waals surface area contributed by atoms with E-state index in [1.807, 2.05) is 51.1 Å². The van der Waals surface area contributed by atoms with Crippen molar-refractivity contribution in [2.24, 2.45) is 5.92 Å². The summed E-state index contributed by atoms with van der Waals surface area (Å²) < 4.78 is 11.5. The molecule has 1 fully saturated rings. The summed E-state index contributed by atoms with van der Waals surface area (Å²) in [4.78, 5) is 33.1. The van der Waals surface area contributed by atoms with Crippen LogP contribution in [0.1, 0.15) is 26.3 Å². The zero-order valence-corrected chi connectivity index (χ0v) is 19.8. The fourth-order valence-corrected chi connectivity index (χ4v) is 3.69. The molecule has 2 amide bonds. The number of benzene rings is 1. The van der Waals surface area contributed by atoms with E-state index in [2.05, 4.69) is 27.6 Å². The lowest BCUT2D eigenvalue weighted by atomic mass is 9.98. The number of hydrogen-bond donors (Lipinski definition) is 0. The van der Waals surface area contributed by atoms with Gasteiger partial charge in [0.15, 0.2) is 0 Å². The number of carbonyl (C=O) groups excluding carboxylic acids is 2. The monoisotopic (exact) mass is 523 g/mol. The van der Waals surface area contributed by atoms with Gasteiger partial charge in [-0.25, -0.2) is 4.79 Å². The lowest BCUT2D eigenvalue weighted by Gasteiger charge is -2.41. The van der Waals surface area contributed by atoms with Crippen molar-refractivity contribution in [1.29, 1.82) is 0 Å². The molecule has 0 saturated carbocycles. The molecule has 1 aliphatic rings. The fourth-order valence-electron chi connectivity index (χ4n) is 3.09. The van der Waals surface area contributed by atoms with E-state index in [-0.39, 0.29) is 17.9 Å². The molecule has 0 N–H and O–H groups in total. The van der Waals surface area contributed by atoms with Crippen LogP contribution in [0.4, 0.5) is 10.5 Å². The molecule has 1 aromatic carbocycles. The van der Waals surface area contributed by atoms with Gasteiger partial charge in [0.05, 0.1) is 31.5 Å². The van der Waals surface area contributed by atoms with Crippen molar-refractivity contribution >= 4 is 40.3 Å². The molecule has 0 aliphatic carbocycles. The maximum Gasteiger partial charge on any atom is 0.410 e. The molecule has 1 aliphatic heterocycles. The number of carbonyl (C=O) groups is 2. The topological polar surface area (TPSA) is 72.0 Å². The Morgan fingerprint density at radius 2 is 1.87 bits per heavy atom. The fraction of sp³-hybridized carbons (Fsp3) is 0.409. The van der Waals surface area contributed by atoms with Crippen LogP contribution in [0.15, 0.2) is 42.7 Å². The predicted molar refractivity (Wildman–Crippen MR) is 122 cm³/mol. The van der Waals surface area contributed by atoms with Crippen LogP contribution in [-0.4, -0.2) is 47.7 Å². The lowest BCUT2D eigenvalue weighted by Crippen LogP contribution is -2.57. The molecular formula is C22H26IN3O4. The number of amides is 2. The SMILES string of the molecule is COc1ccc(CN(C(=O)C2CN(C(=O)OC(C)(C)C)C2)c2cnccc2I)cc1. The van der Waals surface area contributed by atoms with Crippen molar-refractivity contribution in [3.05, 3.63) is 51.9 Å². The maximum atomic E-state index is 13.4. The number of aromatic nitrogens is 1. The third kappa shape index (κ3) is 5.41. The second-order valence-electron chi connectivity index (χ2n) is 8.18. The number of methoxy groups -OCH3 is 1. The van der Waals surface area contributed by atoms with Gasteiger partial charge in [-0.2, -0.15) is 0 Å². The first-order valence-corrected chi connectivity index (χ1v) is 10.8. The quantitative estimate of drug-likeness (QED) is 0.553. The van der Waals surface area contributed by atoms with Gasteiger partial charge in [-0.1, -0.05) is 12.1 Å². The highest BCUT2D eigenvalue weighted by Crippen LogP contribution is 2.28. The molecule has 7 nitrogen and oxygen atoms in total. The molecular weight excluding hydrogens is 497 g/mol. The molecule has 0 unspecified atom stereocenters. The van der Waals surface area contributed by atoms with Crippen molar-refractivity contribution in [3.63, 3.8) is 0 Å². The molecule has 1 saturated heterocycles. The summed E-state index contributed by atoms with van der Waals surface area (Å²) in [5.74, 6) is 0.461. The second-order valence-corrected chi connectivity index (χ2v) is 9.34. The molecule has 0 atom stereocenters. The Labute approximate surface area is 190 Å². The van der Waals surface area contributed by atoms with Crippen LogP contribution in [0.2, 0.25) is 0 Å². The first-order valence-electron chi connectivity index (χ1n) is 9.69. The Kier molecular flexibility index (Phi) is 6.84. The minimum absolute atomic E-state index is 0.0310. The average molecular weight is 523 g/mol. The molecule has 1 aromatic heterocycles. The predicted octanol–water partition coefficient (Wildman–Crippen LogP) is 4.09. The average Bonchev–Trinajstić information content (AvgIpc) is 2.64. The molecule has 0 radical (unpaired) electrons. The number of likely N-dealkylation sites (tertiary alicyclic amines) is 1. The van der Waals surface area contributed by atoms with Gasteiger partial charge in [0.1, 0.15) is 11.4 Å². The number of hydrogen-bond acceptors (Lipinski definition) is 5. The van der Waals surface area contributed by atoms with Gasteiger partial charge in [-0.15, -0.1) is 0 Å². The summed E-state index contributed by atoms with van der Waals surface area (Å²) in [6, 6.07) is 9.50. The smallest absolute Gasteiger partial charge is 0.410 e. The van der Waals surface area contributed by atoms with Gasteiger partial charge in [-0.3, -0.25) is 9.78 Å². The molecule has 3 rings (SSSR count). The number of ether oxygens (including phenoxy) is 2. The molecule has 8 heteroatoms. The van der Waals surface area contributed by atoms with Crippen LogP contribution >= 0.6 is 22.6 Å². The van der Waals surface area contributed by atoms with Gasteiger partial charge in [0.25, 0.3) is 0 Å². The lowest BCUT2D eigenvalue weighted by molar-refractivity contribution is -0.127. The highest BCUT2D eigenvalue weighted by molar-refractivity contribution is 14.1. The molecule has 0 spiro atoms. The summed E-state index contributed by atoms with van der Waals surface area (Å²) in [7, 11) is 1.62. The number of nitrogens with zero attached hydrogens (tertiary/aromatic N) is 3. The largest absolute Gasteiger partial charge is 0.497 e. The van der Waals surface area contributed by atoms with E-state index in [9.17, 15) is 9.59 Å². The summed E-state index contributed by atoms with van der Waals surface area (Å²) >= 11 is 2.21. The summed E-state index contributed by atoms with van der Waals surface area (Å²) in [5, 5.41) is 0. The third-order valence-corrected chi connectivity index (χ3v) is 5.60. The summed E-state index contributed by atoms with van der Waals surface area (Å²) in [6.07, 6.45) is 3.02. The van der Waals surface area contributed by atoms with Crippen LogP contribution in [0.25, 0.3) is 0 Å². The number of pyridine rings is 1. The molecule has 2 heterocycles. The number of rotatable bonds is 5.